The first-order valence-electron chi connectivity index (χ1n) is 6.12. The summed E-state index contributed by atoms with van der Waals surface area (Å²) in [5.74, 6) is -0.279. The molecule has 0 aliphatic carbocycles. The average Bonchev–Trinajstić information content (AvgIpc) is 2.81. The van der Waals surface area contributed by atoms with Gasteiger partial charge in [-0.2, -0.15) is 0 Å². The zero-order valence-corrected chi connectivity index (χ0v) is 14.3. The lowest BCUT2D eigenvalue weighted by atomic mass is 10.1. The van der Waals surface area contributed by atoms with E-state index in [1.807, 2.05) is 32.0 Å². The quantitative estimate of drug-likeness (QED) is 0.520. The number of ether oxygens (including phenoxy) is 1. The van der Waals surface area contributed by atoms with Gasteiger partial charge in [-0.15, -0.1) is 11.3 Å². The molecule has 0 radical (unpaired) electrons. The second-order valence-corrected chi connectivity index (χ2v) is 5.40. The highest BCUT2D eigenvalue weighted by atomic mass is 79.9. The predicted molar refractivity (Wildman–Crippen MR) is 86.8 cm³/mol. The molecule has 1 heterocycles. The van der Waals surface area contributed by atoms with E-state index in [1.54, 1.807) is 6.92 Å². The highest BCUT2D eigenvalue weighted by Crippen LogP contribution is 2.37. The van der Waals surface area contributed by atoms with Crippen molar-refractivity contribution >= 4 is 54.9 Å². The van der Waals surface area contributed by atoms with Crippen LogP contribution in [-0.2, 0) is 10.1 Å². The van der Waals surface area contributed by atoms with Crippen molar-refractivity contribution in [2.75, 3.05) is 6.61 Å². The largest absolute Gasteiger partial charge is 0.462 e. The number of benzene rings is 1. The molecule has 0 unspecified atom stereocenters. The Morgan fingerprint density at radius 1 is 1.42 bits per heavy atom. The van der Waals surface area contributed by atoms with E-state index in [0.717, 1.165) is 15.6 Å². The first kappa shape index (κ1) is 16.5. The third-order valence-electron chi connectivity index (χ3n) is 2.36. The van der Waals surface area contributed by atoms with Gasteiger partial charge in [-0.05, 0) is 24.6 Å². The number of carbonyl (C=O) groups excluding carboxylic acids is 1. The van der Waals surface area contributed by atoms with Gasteiger partial charge in [0.1, 0.15) is 4.88 Å². The molecular formula is C14H16BrClO2S. The summed E-state index contributed by atoms with van der Waals surface area (Å²) in [5, 5.41) is 2.20. The molecule has 2 nitrogen and oxygen atoms in total. The van der Waals surface area contributed by atoms with E-state index in [9.17, 15) is 4.79 Å². The van der Waals surface area contributed by atoms with Crippen molar-refractivity contribution in [2.24, 2.45) is 0 Å². The minimum absolute atomic E-state index is 0.279. The number of esters is 1. The Hall–Kier alpha value is -0.580. The maximum Gasteiger partial charge on any atom is 0.348 e. The SMILES string of the molecule is CC.CCOC(=O)c1sc2cccc(Cl)c2c1CBr. The van der Waals surface area contributed by atoms with Crippen LogP contribution in [0.3, 0.4) is 0 Å². The van der Waals surface area contributed by atoms with E-state index >= 15 is 0 Å². The second-order valence-electron chi connectivity index (χ2n) is 3.38. The molecule has 0 saturated heterocycles. The summed E-state index contributed by atoms with van der Waals surface area (Å²) in [7, 11) is 0. The fourth-order valence-corrected chi connectivity index (χ4v) is 3.89. The van der Waals surface area contributed by atoms with Gasteiger partial charge < -0.3 is 4.74 Å². The Labute approximate surface area is 130 Å². The maximum atomic E-state index is 11.8. The molecule has 0 saturated carbocycles. The van der Waals surface area contributed by atoms with Crippen LogP contribution in [0.5, 0.6) is 0 Å². The van der Waals surface area contributed by atoms with Gasteiger partial charge in [0.15, 0.2) is 0 Å². The topological polar surface area (TPSA) is 26.3 Å². The maximum absolute atomic E-state index is 11.8. The first-order valence-corrected chi connectivity index (χ1v) is 8.43. The lowest BCUT2D eigenvalue weighted by molar-refractivity contribution is 0.0531. The summed E-state index contributed by atoms with van der Waals surface area (Å²) in [5.41, 5.74) is 0.911. The Balaban J connectivity index is 0.000000861. The highest BCUT2D eigenvalue weighted by molar-refractivity contribution is 9.08. The van der Waals surface area contributed by atoms with E-state index in [1.165, 1.54) is 11.3 Å². The number of hydrogen-bond acceptors (Lipinski definition) is 3. The molecule has 104 valence electrons. The van der Waals surface area contributed by atoms with Crippen molar-refractivity contribution in [3.8, 4) is 0 Å². The van der Waals surface area contributed by atoms with Crippen LogP contribution in [0.2, 0.25) is 5.02 Å². The third kappa shape index (κ3) is 3.50. The minimum atomic E-state index is -0.279. The molecule has 0 spiro atoms. The molecule has 0 amide bonds. The van der Waals surface area contributed by atoms with E-state index in [0.29, 0.717) is 21.8 Å². The van der Waals surface area contributed by atoms with Crippen LogP contribution in [0.15, 0.2) is 18.2 Å². The molecule has 0 N–H and O–H groups in total. The summed E-state index contributed by atoms with van der Waals surface area (Å²) in [4.78, 5) is 12.5. The smallest absolute Gasteiger partial charge is 0.348 e. The molecule has 0 fully saturated rings. The van der Waals surface area contributed by atoms with Gasteiger partial charge in [0.05, 0.1) is 6.61 Å². The van der Waals surface area contributed by atoms with Gasteiger partial charge in [0.2, 0.25) is 0 Å². The Morgan fingerprint density at radius 2 is 2.11 bits per heavy atom. The molecule has 5 heteroatoms. The third-order valence-corrected chi connectivity index (χ3v) is 4.41. The molecule has 2 rings (SSSR count). The molecule has 0 aliphatic rings. The molecule has 0 bridgehead atoms. The van der Waals surface area contributed by atoms with Crippen molar-refractivity contribution in [1.82, 2.24) is 0 Å². The molecule has 0 atom stereocenters. The van der Waals surface area contributed by atoms with Crippen LogP contribution < -0.4 is 0 Å². The Morgan fingerprint density at radius 3 is 2.68 bits per heavy atom. The molecule has 1 aromatic heterocycles. The van der Waals surface area contributed by atoms with Crippen LogP contribution in [0.1, 0.15) is 36.0 Å². The van der Waals surface area contributed by atoms with Gasteiger partial charge in [0.25, 0.3) is 0 Å². The van der Waals surface area contributed by atoms with E-state index in [4.69, 9.17) is 16.3 Å². The number of halogens is 2. The van der Waals surface area contributed by atoms with Gasteiger partial charge in [-0.1, -0.05) is 47.4 Å². The Bertz CT molecular complexity index is 566. The van der Waals surface area contributed by atoms with Crippen LogP contribution in [0.25, 0.3) is 10.1 Å². The lowest BCUT2D eigenvalue weighted by Crippen LogP contribution is -2.04. The zero-order valence-electron chi connectivity index (χ0n) is 11.1. The lowest BCUT2D eigenvalue weighted by Gasteiger charge is -2.01. The van der Waals surface area contributed by atoms with Crippen LogP contribution >= 0.6 is 38.9 Å². The van der Waals surface area contributed by atoms with Gasteiger partial charge in [-0.25, -0.2) is 4.79 Å². The Kier molecular flexibility index (Phi) is 6.83. The predicted octanol–water partition coefficient (Wildman–Crippen LogP) is 5.65. The number of carbonyl (C=O) groups is 1. The first-order chi connectivity index (χ1) is 9.19. The van der Waals surface area contributed by atoms with Crippen molar-refractivity contribution in [3.05, 3.63) is 33.7 Å². The van der Waals surface area contributed by atoms with Crippen molar-refractivity contribution in [2.45, 2.75) is 26.1 Å². The second kappa shape index (κ2) is 7.88. The normalized spacial score (nSPS) is 9.95. The fraction of sp³-hybridized carbons (Fsp3) is 0.357. The van der Waals surface area contributed by atoms with E-state index in [2.05, 4.69) is 15.9 Å². The summed E-state index contributed by atoms with van der Waals surface area (Å²) in [6.45, 7) is 6.18. The van der Waals surface area contributed by atoms with Crippen molar-refractivity contribution < 1.29 is 9.53 Å². The average molecular weight is 364 g/mol. The standard InChI is InChI=1S/C12H10BrClO2S.C2H6/c1-2-16-12(15)11-7(6-13)10-8(14)4-3-5-9(10)17-11;1-2/h3-5H,2,6H2,1H3;1-2H3. The summed E-state index contributed by atoms with van der Waals surface area (Å²) >= 11 is 11.0. The van der Waals surface area contributed by atoms with Crippen LogP contribution in [0, 0.1) is 0 Å². The van der Waals surface area contributed by atoms with Crippen LogP contribution in [0.4, 0.5) is 0 Å². The number of fused-ring (bicyclic) bond motifs is 1. The van der Waals surface area contributed by atoms with Gasteiger partial charge >= 0.3 is 5.97 Å². The summed E-state index contributed by atoms with van der Waals surface area (Å²) in [6, 6.07) is 5.67. The monoisotopic (exact) mass is 362 g/mol. The number of rotatable bonds is 3. The fourth-order valence-electron chi connectivity index (χ4n) is 1.66. The number of hydrogen-bond donors (Lipinski definition) is 0. The minimum Gasteiger partial charge on any atom is -0.462 e. The summed E-state index contributed by atoms with van der Waals surface area (Å²) in [6.07, 6.45) is 0. The van der Waals surface area contributed by atoms with Gasteiger partial charge in [-0.3, -0.25) is 0 Å². The van der Waals surface area contributed by atoms with Crippen molar-refractivity contribution in [3.63, 3.8) is 0 Å². The van der Waals surface area contributed by atoms with E-state index < -0.39 is 0 Å². The number of alkyl halides is 1. The summed E-state index contributed by atoms with van der Waals surface area (Å²) < 4.78 is 6.06. The highest BCUT2D eigenvalue weighted by Gasteiger charge is 2.19. The van der Waals surface area contributed by atoms with Gasteiger partial charge in [0, 0.05) is 20.4 Å². The number of thiophene rings is 1. The van der Waals surface area contributed by atoms with E-state index in [-0.39, 0.29) is 5.97 Å². The molecule has 19 heavy (non-hydrogen) atoms. The molecule has 0 aliphatic heterocycles. The molecular weight excluding hydrogens is 348 g/mol. The van der Waals surface area contributed by atoms with Crippen molar-refractivity contribution in [1.29, 1.82) is 0 Å². The zero-order chi connectivity index (χ0) is 14.4. The molecule has 1 aromatic carbocycles. The van der Waals surface area contributed by atoms with Crippen LogP contribution in [-0.4, -0.2) is 12.6 Å². The molecule has 2 aromatic rings.